The van der Waals surface area contributed by atoms with E-state index in [1.807, 2.05) is 18.2 Å². The molecule has 0 radical (unpaired) electrons. The van der Waals surface area contributed by atoms with Gasteiger partial charge < -0.3 is 16.0 Å². The minimum absolute atomic E-state index is 0.202. The average molecular weight is 381 g/mol. The molecule has 0 atom stereocenters. The molecule has 4 N–H and O–H groups in total. The van der Waals surface area contributed by atoms with Crippen LogP contribution in [0.25, 0.3) is 11.2 Å². The molecule has 0 amide bonds. The molecule has 2 heterocycles. The van der Waals surface area contributed by atoms with E-state index in [9.17, 15) is 0 Å². The topological polar surface area (TPSA) is 95.6 Å². The van der Waals surface area contributed by atoms with Crippen LogP contribution < -0.4 is 11.5 Å². The maximum absolute atomic E-state index is 6.06. The first kappa shape index (κ1) is 20.1. The Kier molecular flexibility index (Phi) is 7.23. The quantitative estimate of drug-likeness (QED) is 0.469. The molecule has 0 aliphatic heterocycles. The van der Waals surface area contributed by atoms with Gasteiger partial charge in [-0.05, 0) is 12.0 Å². The number of imidazole rings is 1. The number of fused-ring (bicyclic) bond motifs is 1. The van der Waals surface area contributed by atoms with E-state index < -0.39 is 0 Å². The standard InChI is InChI=1S/C22H32N6/c1-2-3-4-5-6-7-8-12-15-28-18(16-17-13-10-9-11-14-17)25-19-20(23)26-22(24)27-21(19)28/h9-11,13-14H,2-8,12,15-16H2,1H3,(H4,23,24,26,27). The molecule has 0 saturated heterocycles. The highest BCUT2D eigenvalue weighted by atomic mass is 15.2. The Morgan fingerprint density at radius 2 is 1.50 bits per heavy atom. The predicted octanol–water partition coefficient (Wildman–Crippen LogP) is 4.72. The summed E-state index contributed by atoms with van der Waals surface area (Å²) >= 11 is 0. The molecule has 3 rings (SSSR count). The van der Waals surface area contributed by atoms with E-state index in [0.717, 1.165) is 30.9 Å². The lowest BCUT2D eigenvalue weighted by Gasteiger charge is -2.09. The molecule has 3 aromatic rings. The molecule has 0 aliphatic rings. The fourth-order valence-electron chi connectivity index (χ4n) is 3.64. The van der Waals surface area contributed by atoms with Gasteiger partial charge in [-0.2, -0.15) is 9.97 Å². The summed E-state index contributed by atoms with van der Waals surface area (Å²) in [6, 6.07) is 10.4. The van der Waals surface area contributed by atoms with Gasteiger partial charge in [-0.15, -0.1) is 0 Å². The van der Waals surface area contributed by atoms with E-state index >= 15 is 0 Å². The van der Waals surface area contributed by atoms with Crippen LogP contribution in [-0.4, -0.2) is 19.5 Å². The van der Waals surface area contributed by atoms with E-state index in [1.165, 1.54) is 50.5 Å². The first-order valence-corrected chi connectivity index (χ1v) is 10.5. The van der Waals surface area contributed by atoms with E-state index in [0.29, 0.717) is 11.3 Å². The SMILES string of the molecule is CCCCCCCCCCn1c(Cc2ccccc2)nc2c(N)nc(N)nc21. The first-order valence-electron chi connectivity index (χ1n) is 10.5. The van der Waals surface area contributed by atoms with Crippen molar-refractivity contribution < 1.29 is 0 Å². The van der Waals surface area contributed by atoms with Gasteiger partial charge >= 0.3 is 0 Å². The van der Waals surface area contributed by atoms with Gasteiger partial charge in [0.05, 0.1) is 0 Å². The molecule has 1 aromatic carbocycles. The van der Waals surface area contributed by atoms with Gasteiger partial charge in [0.15, 0.2) is 17.0 Å². The summed E-state index contributed by atoms with van der Waals surface area (Å²) in [7, 11) is 0. The van der Waals surface area contributed by atoms with Gasteiger partial charge in [0.1, 0.15) is 5.82 Å². The van der Waals surface area contributed by atoms with Crippen molar-refractivity contribution in [2.75, 3.05) is 11.5 Å². The van der Waals surface area contributed by atoms with Gasteiger partial charge in [0.2, 0.25) is 5.95 Å². The highest BCUT2D eigenvalue weighted by Crippen LogP contribution is 2.22. The summed E-state index contributed by atoms with van der Waals surface area (Å²) in [6.07, 6.45) is 11.0. The largest absolute Gasteiger partial charge is 0.382 e. The van der Waals surface area contributed by atoms with Crippen molar-refractivity contribution in [3.8, 4) is 0 Å². The van der Waals surface area contributed by atoms with Gasteiger partial charge in [-0.1, -0.05) is 82.2 Å². The fourth-order valence-corrected chi connectivity index (χ4v) is 3.64. The Bertz CT molecular complexity index is 872. The van der Waals surface area contributed by atoms with E-state index in [2.05, 4.69) is 33.6 Å². The highest BCUT2D eigenvalue weighted by Gasteiger charge is 2.16. The number of aromatic nitrogens is 4. The normalized spacial score (nSPS) is 11.3. The molecular formula is C22H32N6. The molecule has 0 spiro atoms. The summed E-state index contributed by atoms with van der Waals surface area (Å²) in [5, 5.41) is 0. The molecule has 6 heteroatoms. The smallest absolute Gasteiger partial charge is 0.224 e. The second kappa shape index (κ2) is 10.1. The molecule has 0 saturated carbocycles. The van der Waals surface area contributed by atoms with Crippen molar-refractivity contribution >= 4 is 22.9 Å². The van der Waals surface area contributed by atoms with Crippen molar-refractivity contribution in [3.63, 3.8) is 0 Å². The fraction of sp³-hybridized carbons (Fsp3) is 0.500. The van der Waals surface area contributed by atoms with Crippen molar-refractivity contribution in [1.29, 1.82) is 0 Å². The van der Waals surface area contributed by atoms with Crippen LogP contribution in [0.5, 0.6) is 0 Å². The van der Waals surface area contributed by atoms with E-state index in [-0.39, 0.29) is 5.95 Å². The lowest BCUT2D eigenvalue weighted by molar-refractivity contribution is 0.541. The summed E-state index contributed by atoms with van der Waals surface area (Å²) in [6.45, 7) is 3.13. The lowest BCUT2D eigenvalue weighted by atomic mass is 10.1. The summed E-state index contributed by atoms with van der Waals surface area (Å²) in [5.41, 5.74) is 14.5. The Hall–Kier alpha value is -2.63. The number of unbranched alkanes of at least 4 members (excludes halogenated alkanes) is 7. The van der Waals surface area contributed by atoms with Crippen LogP contribution >= 0.6 is 0 Å². The van der Waals surface area contributed by atoms with Crippen LogP contribution in [0.15, 0.2) is 30.3 Å². The number of anilines is 2. The minimum atomic E-state index is 0.202. The van der Waals surface area contributed by atoms with Gasteiger partial charge in [-0.3, -0.25) is 0 Å². The highest BCUT2D eigenvalue weighted by molar-refractivity contribution is 5.83. The zero-order valence-electron chi connectivity index (χ0n) is 16.9. The number of rotatable bonds is 11. The Morgan fingerprint density at radius 1 is 0.821 bits per heavy atom. The van der Waals surface area contributed by atoms with Crippen LogP contribution in [0.1, 0.15) is 69.7 Å². The molecule has 0 bridgehead atoms. The molecule has 6 nitrogen and oxygen atoms in total. The van der Waals surface area contributed by atoms with Crippen LogP contribution in [0.4, 0.5) is 11.8 Å². The number of nitrogen functional groups attached to an aromatic ring is 2. The first-order chi connectivity index (χ1) is 13.7. The second-order valence-corrected chi connectivity index (χ2v) is 7.46. The van der Waals surface area contributed by atoms with Gasteiger partial charge in [0.25, 0.3) is 0 Å². The third kappa shape index (κ3) is 5.21. The summed E-state index contributed by atoms with van der Waals surface area (Å²) in [4.78, 5) is 13.3. The van der Waals surface area contributed by atoms with Gasteiger partial charge in [0, 0.05) is 13.0 Å². The zero-order valence-corrected chi connectivity index (χ0v) is 16.9. The summed E-state index contributed by atoms with van der Waals surface area (Å²) in [5.74, 6) is 1.52. The third-order valence-corrected chi connectivity index (χ3v) is 5.16. The number of nitrogens with zero attached hydrogens (tertiary/aromatic N) is 4. The van der Waals surface area contributed by atoms with Crippen LogP contribution in [-0.2, 0) is 13.0 Å². The van der Waals surface area contributed by atoms with E-state index in [4.69, 9.17) is 16.5 Å². The van der Waals surface area contributed by atoms with Crippen LogP contribution in [0.3, 0.4) is 0 Å². The average Bonchev–Trinajstić information content (AvgIpc) is 3.02. The number of nitrogens with two attached hydrogens (primary N) is 2. The van der Waals surface area contributed by atoms with Gasteiger partial charge in [-0.25, -0.2) is 4.98 Å². The van der Waals surface area contributed by atoms with Crippen LogP contribution in [0.2, 0.25) is 0 Å². The van der Waals surface area contributed by atoms with Crippen molar-refractivity contribution in [1.82, 2.24) is 19.5 Å². The summed E-state index contributed by atoms with van der Waals surface area (Å²) < 4.78 is 2.17. The maximum Gasteiger partial charge on any atom is 0.224 e. The molecule has 150 valence electrons. The molecule has 0 unspecified atom stereocenters. The lowest BCUT2D eigenvalue weighted by Crippen LogP contribution is -2.07. The Morgan fingerprint density at radius 3 is 2.21 bits per heavy atom. The van der Waals surface area contributed by atoms with Crippen LogP contribution in [0, 0.1) is 0 Å². The number of benzene rings is 1. The molecule has 2 aromatic heterocycles. The van der Waals surface area contributed by atoms with Crippen molar-refractivity contribution in [2.45, 2.75) is 71.3 Å². The van der Waals surface area contributed by atoms with E-state index in [1.54, 1.807) is 0 Å². The Labute approximate surface area is 167 Å². The zero-order chi connectivity index (χ0) is 19.8. The molecule has 0 aliphatic carbocycles. The molecular weight excluding hydrogens is 348 g/mol. The second-order valence-electron chi connectivity index (χ2n) is 7.46. The number of hydrogen-bond donors (Lipinski definition) is 2. The number of aryl methyl sites for hydroxylation is 1. The predicted molar refractivity (Wildman–Crippen MR) is 116 cm³/mol. The Balaban J connectivity index is 1.70. The minimum Gasteiger partial charge on any atom is -0.382 e. The number of hydrogen-bond acceptors (Lipinski definition) is 5. The maximum atomic E-state index is 6.06. The van der Waals surface area contributed by atoms with Crippen molar-refractivity contribution in [3.05, 3.63) is 41.7 Å². The molecule has 28 heavy (non-hydrogen) atoms. The van der Waals surface area contributed by atoms with Crippen molar-refractivity contribution in [2.24, 2.45) is 0 Å². The third-order valence-electron chi connectivity index (χ3n) is 5.16. The monoisotopic (exact) mass is 380 g/mol. The molecule has 0 fully saturated rings.